The lowest BCUT2D eigenvalue weighted by Gasteiger charge is -2.37. The molecular formula is C24H30N4OS2. The predicted molar refractivity (Wildman–Crippen MR) is 137 cm³/mol. The van der Waals surface area contributed by atoms with E-state index in [1.54, 1.807) is 0 Å². The molecule has 0 N–H and O–H groups in total. The van der Waals surface area contributed by atoms with Gasteiger partial charge in [0, 0.05) is 75.9 Å². The molecule has 0 bridgehead atoms. The Labute approximate surface area is 196 Å². The molecule has 2 aromatic rings. The molecule has 0 radical (unpaired) electrons. The minimum atomic E-state index is 0.798. The molecule has 0 aromatic heterocycles. The van der Waals surface area contributed by atoms with Crippen molar-refractivity contribution in [2.75, 3.05) is 76.4 Å². The first-order valence-electron chi connectivity index (χ1n) is 10.8. The fraction of sp³-hybridized carbons (Fsp3) is 0.417. The van der Waals surface area contributed by atoms with E-state index in [0.717, 1.165) is 73.6 Å². The fourth-order valence-corrected chi connectivity index (χ4v) is 4.65. The summed E-state index contributed by atoms with van der Waals surface area (Å²) in [4.78, 5) is 10.9. The summed E-state index contributed by atoms with van der Waals surface area (Å²) in [5, 5.41) is 0. The summed E-state index contributed by atoms with van der Waals surface area (Å²) in [6.45, 7) is 7.05. The molecular weight excluding hydrogens is 424 g/mol. The van der Waals surface area contributed by atoms with E-state index in [0.29, 0.717) is 0 Å². The predicted octanol–water partition coefficient (Wildman–Crippen LogP) is 3.26. The van der Waals surface area contributed by atoms with Crippen LogP contribution in [0.25, 0.3) is 0 Å². The smallest absolute Gasteiger partial charge is 0.109 e. The highest BCUT2D eigenvalue weighted by Gasteiger charge is 2.22. The Morgan fingerprint density at radius 2 is 1.16 bits per heavy atom. The number of thiocarbonyl (C=S) groups is 2. The van der Waals surface area contributed by atoms with Crippen LogP contribution < -0.4 is 9.80 Å². The molecule has 0 unspecified atom stereocenters. The molecule has 2 saturated heterocycles. The lowest BCUT2D eigenvalue weighted by atomic mass is 10.1. The summed E-state index contributed by atoms with van der Waals surface area (Å²) in [7, 11) is 4.09. The van der Waals surface area contributed by atoms with Crippen LogP contribution in [0.4, 0.5) is 11.4 Å². The van der Waals surface area contributed by atoms with Crippen molar-refractivity contribution >= 4 is 45.8 Å². The van der Waals surface area contributed by atoms with E-state index in [9.17, 15) is 0 Å². The van der Waals surface area contributed by atoms with E-state index < -0.39 is 0 Å². The van der Waals surface area contributed by atoms with E-state index in [-0.39, 0.29) is 0 Å². The molecule has 2 aliphatic rings. The molecule has 31 heavy (non-hydrogen) atoms. The van der Waals surface area contributed by atoms with Gasteiger partial charge in [-0.3, -0.25) is 0 Å². The first-order valence-corrected chi connectivity index (χ1v) is 11.6. The molecule has 164 valence electrons. The maximum Gasteiger partial charge on any atom is 0.109 e. The Balaban J connectivity index is 1.32. The summed E-state index contributed by atoms with van der Waals surface area (Å²) in [5.41, 5.74) is 4.64. The third-order valence-corrected chi connectivity index (χ3v) is 6.96. The summed E-state index contributed by atoms with van der Waals surface area (Å²) in [5.74, 6) is 0. The molecule has 2 fully saturated rings. The Hall–Kier alpha value is -2.22. The maximum absolute atomic E-state index is 5.81. The average Bonchev–Trinajstić information content (AvgIpc) is 2.84. The van der Waals surface area contributed by atoms with Gasteiger partial charge in [0.05, 0.1) is 13.2 Å². The summed E-state index contributed by atoms with van der Waals surface area (Å²) < 4.78 is 5.45. The van der Waals surface area contributed by atoms with Crippen molar-refractivity contribution in [3.8, 4) is 0 Å². The molecule has 2 aliphatic heterocycles. The van der Waals surface area contributed by atoms with Crippen molar-refractivity contribution in [2.24, 2.45) is 0 Å². The second kappa shape index (κ2) is 9.94. The van der Waals surface area contributed by atoms with Gasteiger partial charge in [-0.05, 0) is 48.5 Å². The third-order valence-electron chi connectivity index (χ3n) is 5.98. The summed E-state index contributed by atoms with van der Waals surface area (Å²) >= 11 is 11.6. The lowest BCUT2D eigenvalue weighted by Crippen LogP contribution is -2.50. The van der Waals surface area contributed by atoms with Gasteiger partial charge in [-0.15, -0.1) is 0 Å². The molecule has 4 rings (SSSR count). The zero-order valence-corrected chi connectivity index (χ0v) is 19.9. The number of hydrogen-bond donors (Lipinski definition) is 0. The van der Waals surface area contributed by atoms with Crippen molar-refractivity contribution < 1.29 is 4.74 Å². The van der Waals surface area contributed by atoms with Gasteiger partial charge >= 0.3 is 0 Å². The minimum absolute atomic E-state index is 0.798. The van der Waals surface area contributed by atoms with E-state index in [4.69, 9.17) is 29.2 Å². The summed E-state index contributed by atoms with van der Waals surface area (Å²) in [6, 6.07) is 17.1. The number of anilines is 2. The highest BCUT2D eigenvalue weighted by atomic mass is 32.1. The number of hydrogen-bond acceptors (Lipinski definition) is 5. The van der Waals surface area contributed by atoms with Crippen LogP contribution in [0.2, 0.25) is 0 Å². The van der Waals surface area contributed by atoms with Gasteiger partial charge in [0.1, 0.15) is 9.98 Å². The van der Waals surface area contributed by atoms with Gasteiger partial charge in [0.25, 0.3) is 0 Å². The maximum atomic E-state index is 5.81. The van der Waals surface area contributed by atoms with Crippen molar-refractivity contribution in [3.05, 3.63) is 59.7 Å². The number of ether oxygens (including phenoxy) is 1. The number of nitrogens with zero attached hydrogens (tertiary/aromatic N) is 4. The van der Waals surface area contributed by atoms with Crippen LogP contribution in [0, 0.1) is 0 Å². The number of morpholine rings is 1. The molecule has 0 saturated carbocycles. The van der Waals surface area contributed by atoms with Crippen LogP contribution >= 0.6 is 24.4 Å². The van der Waals surface area contributed by atoms with E-state index >= 15 is 0 Å². The summed E-state index contributed by atoms with van der Waals surface area (Å²) in [6.07, 6.45) is 0. The molecule has 0 spiro atoms. The van der Waals surface area contributed by atoms with Gasteiger partial charge in [0.2, 0.25) is 0 Å². The first-order chi connectivity index (χ1) is 15.0. The topological polar surface area (TPSA) is 22.2 Å². The highest BCUT2D eigenvalue weighted by Crippen LogP contribution is 2.20. The van der Waals surface area contributed by atoms with Crippen LogP contribution in [-0.2, 0) is 4.74 Å². The second-order valence-corrected chi connectivity index (χ2v) is 8.95. The normalized spacial score (nSPS) is 16.9. The van der Waals surface area contributed by atoms with Crippen LogP contribution in [0.5, 0.6) is 0 Å². The first kappa shape index (κ1) is 22.0. The third kappa shape index (κ3) is 5.17. The van der Waals surface area contributed by atoms with Crippen molar-refractivity contribution in [1.82, 2.24) is 9.80 Å². The minimum Gasteiger partial charge on any atom is -0.378 e. The largest absolute Gasteiger partial charge is 0.378 e. The van der Waals surface area contributed by atoms with Crippen molar-refractivity contribution in [2.45, 2.75) is 0 Å². The van der Waals surface area contributed by atoms with Gasteiger partial charge in [0.15, 0.2) is 0 Å². The van der Waals surface area contributed by atoms with E-state index in [1.165, 1.54) is 11.4 Å². The standard InChI is InChI=1S/C24H30N4OS2/c1-25(2)21-7-3-19(4-8-21)23(30)27-11-13-28(14-12-27)24(31)20-5-9-22(10-6-20)26-15-17-29-18-16-26/h3-10H,11-18H2,1-2H3. The van der Waals surface area contributed by atoms with Gasteiger partial charge in [-0.1, -0.05) is 24.4 Å². The Kier molecular flexibility index (Phi) is 7.05. The number of rotatable bonds is 4. The zero-order chi connectivity index (χ0) is 21.8. The quantitative estimate of drug-likeness (QED) is 0.653. The van der Waals surface area contributed by atoms with Crippen molar-refractivity contribution in [1.29, 1.82) is 0 Å². The fourth-order valence-electron chi connectivity index (χ4n) is 4.02. The molecule has 7 heteroatoms. The number of benzene rings is 2. The van der Waals surface area contributed by atoms with E-state index in [1.807, 2.05) is 14.1 Å². The molecule has 5 nitrogen and oxygen atoms in total. The van der Waals surface area contributed by atoms with Gasteiger partial charge in [-0.25, -0.2) is 0 Å². The lowest BCUT2D eigenvalue weighted by molar-refractivity contribution is 0.122. The molecule has 2 heterocycles. The number of piperazine rings is 1. The Morgan fingerprint density at radius 1 is 0.710 bits per heavy atom. The van der Waals surface area contributed by atoms with Crippen LogP contribution in [-0.4, -0.2) is 86.4 Å². The molecule has 0 aliphatic carbocycles. The van der Waals surface area contributed by atoms with Crippen LogP contribution in [0.15, 0.2) is 48.5 Å². The van der Waals surface area contributed by atoms with Gasteiger partial charge < -0.3 is 24.3 Å². The van der Waals surface area contributed by atoms with Gasteiger partial charge in [-0.2, -0.15) is 0 Å². The average molecular weight is 455 g/mol. The zero-order valence-electron chi connectivity index (χ0n) is 18.3. The molecule has 0 amide bonds. The highest BCUT2D eigenvalue weighted by molar-refractivity contribution is 7.81. The van der Waals surface area contributed by atoms with Crippen molar-refractivity contribution in [3.63, 3.8) is 0 Å². The van der Waals surface area contributed by atoms with E-state index in [2.05, 4.69) is 68.1 Å². The second-order valence-electron chi connectivity index (χ2n) is 8.17. The van der Waals surface area contributed by atoms with Crippen LogP contribution in [0.1, 0.15) is 11.1 Å². The molecule has 2 aromatic carbocycles. The Bertz CT molecular complexity index is 900. The SMILES string of the molecule is CN(C)c1ccc(C(=S)N2CCN(C(=S)c3ccc(N4CCOCC4)cc3)CC2)cc1. The molecule has 0 atom stereocenters. The van der Waals surface area contributed by atoms with Crippen LogP contribution in [0.3, 0.4) is 0 Å². The monoisotopic (exact) mass is 454 g/mol. The Morgan fingerprint density at radius 3 is 1.61 bits per heavy atom.